The van der Waals surface area contributed by atoms with Gasteiger partial charge in [-0.05, 0) is 0 Å². The monoisotopic (exact) mass is 195 g/mol. The van der Waals surface area contributed by atoms with Crippen LogP contribution in [-0.4, -0.2) is 15.2 Å². The smallest absolute Gasteiger partial charge is 0.266 e. The van der Waals surface area contributed by atoms with Crippen molar-refractivity contribution in [1.82, 2.24) is 15.2 Å². The lowest BCUT2D eigenvalue weighted by atomic mass is 10.2. The SMILES string of the molecule is CC(C)c1nc(-c2nnco2)cs1. The molecular formula is C8H9N3OS. The molecule has 0 aliphatic heterocycles. The Bertz CT molecular complexity index is 380. The average molecular weight is 195 g/mol. The van der Waals surface area contributed by atoms with E-state index in [9.17, 15) is 0 Å². The fourth-order valence-corrected chi connectivity index (χ4v) is 1.74. The first kappa shape index (κ1) is 8.37. The summed E-state index contributed by atoms with van der Waals surface area (Å²) in [4.78, 5) is 4.37. The van der Waals surface area contributed by atoms with Crippen LogP contribution in [0.3, 0.4) is 0 Å². The molecule has 0 saturated carbocycles. The van der Waals surface area contributed by atoms with Gasteiger partial charge in [0.25, 0.3) is 5.89 Å². The molecule has 0 amide bonds. The molecule has 0 bridgehead atoms. The molecule has 0 N–H and O–H groups in total. The van der Waals surface area contributed by atoms with Crippen molar-refractivity contribution in [3.8, 4) is 11.6 Å². The summed E-state index contributed by atoms with van der Waals surface area (Å²) in [6, 6.07) is 0. The summed E-state index contributed by atoms with van der Waals surface area (Å²) >= 11 is 1.62. The van der Waals surface area contributed by atoms with Crippen LogP contribution >= 0.6 is 11.3 Å². The predicted molar refractivity (Wildman–Crippen MR) is 49.5 cm³/mol. The van der Waals surface area contributed by atoms with Crippen LogP contribution in [0, 0.1) is 0 Å². The normalized spacial score (nSPS) is 11.0. The minimum absolute atomic E-state index is 0.446. The lowest BCUT2D eigenvalue weighted by Gasteiger charge is -1.95. The lowest BCUT2D eigenvalue weighted by Crippen LogP contribution is -1.85. The highest BCUT2D eigenvalue weighted by Gasteiger charge is 2.10. The molecule has 0 aliphatic carbocycles. The summed E-state index contributed by atoms with van der Waals surface area (Å²) in [6.07, 6.45) is 1.31. The molecule has 4 nitrogen and oxygen atoms in total. The van der Waals surface area contributed by atoms with Crippen LogP contribution in [0.2, 0.25) is 0 Å². The lowest BCUT2D eigenvalue weighted by molar-refractivity contribution is 0.566. The number of hydrogen-bond acceptors (Lipinski definition) is 5. The second-order valence-corrected chi connectivity index (χ2v) is 3.86. The Balaban J connectivity index is 2.33. The molecule has 0 fully saturated rings. The molecule has 2 rings (SSSR count). The van der Waals surface area contributed by atoms with Gasteiger partial charge in [0.15, 0.2) is 0 Å². The van der Waals surface area contributed by atoms with Crippen molar-refractivity contribution in [3.63, 3.8) is 0 Å². The highest BCUT2D eigenvalue weighted by Crippen LogP contribution is 2.24. The van der Waals surface area contributed by atoms with Crippen molar-refractivity contribution in [2.75, 3.05) is 0 Å². The van der Waals surface area contributed by atoms with Crippen molar-refractivity contribution in [2.24, 2.45) is 0 Å². The summed E-state index contributed by atoms with van der Waals surface area (Å²) in [6.45, 7) is 4.22. The highest BCUT2D eigenvalue weighted by molar-refractivity contribution is 7.10. The van der Waals surface area contributed by atoms with Gasteiger partial charge in [-0.15, -0.1) is 21.5 Å². The van der Waals surface area contributed by atoms with Crippen LogP contribution < -0.4 is 0 Å². The van der Waals surface area contributed by atoms with Crippen molar-refractivity contribution in [3.05, 3.63) is 16.8 Å². The van der Waals surface area contributed by atoms with Gasteiger partial charge in [0.2, 0.25) is 6.39 Å². The van der Waals surface area contributed by atoms with Crippen molar-refractivity contribution >= 4 is 11.3 Å². The van der Waals surface area contributed by atoms with Gasteiger partial charge in [0.05, 0.1) is 5.01 Å². The second-order valence-electron chi connectivity index (χ2n) is 2.97. The third-order valence-corrected chi connectivity index (χ3v) is 2.74. The van der Waals surface area contributed by atoms with E-state index in [2.05, 4.69) is 29.0 Å². The molecule has 2 aromatic heterocycles. The van der Waals surface area contributed by atoms with Crippen molar-refractivity contribution < 1.29 is 4.42 Å². The standard InChI is InChI=1S/C8H9N3OS/c1-5(2)8-10-6(3-13-8)7-11-9-4-12-7/h3-5H,1-2H3. The van der Waals surface area contributed by atoms with Crippen LogP contribution in [0.5, 0.6) is 0 Å². The van der Waals surface area contributed by atoms with Gasteiger partial charge in [-0.25, -0.2) is 4.98 Å². The van der Waals surface area contributed by atoms with Crippen molar-refractivity contribution in [2.45, 2.75) is 19.8 Å². The third-order valence-electron chi connectivity index (χ3n) is 1.60. The quantitative estimate of drug-likeness (QED) is 0.737. The molecule has 2 heterocycles. The van der Waals surface area contributed by atoms with E-state index in [0.29, 0.717) is 11.8 Å². The van der Waals surface area contributed by atoms with E-state index in [4.69, 9.17) is 4.42 Å². The Labute approximate surface area is 79.6 Å². The minimum Gasteiger partial charge on any atom is -0.422 e. The Morgan fingerprint density at radius 1 is 1.46 bits per heavy atom. The molecule has 0 spiro atoms. The zero-order chi connectivity index (χ0) is 9.26. The largest absolute Gasteiger partial charge is 0.422 e. The fraction of sp³-hybridized carbons (Fsp3) is 0.375. The highest BCUT2D eigenvalue weighted by atomic mass is 32.1. The van der Waals surface area contributed by atoms with Gasteiger partial charge in [0, 0.05) is 11.3 Å². The molecule has 0 saturated heterocycles. The molecule has 0 radical (unpaired) electrons. The van der Waals surface area contributed by atoms with Gasteiger partial charge in [-0.3, -0.25) is 0 Å². The molecule has 2 aromatic rings. The second kappa shape index (κ2) is 3.26. The van der Waals surface area contributed by atoms with Crippen LogP contribution in [0.15, 0.2) is 16.2 Å². The number of nitrogens with zero attached hydrogens (tertiary/aromatic N) is 3. The van der Waals surface area contributed by atoms with E-state index in [1.807, 2.05) is 5.38 Å². The third kappa shape index (κ3) is 1.60. The van der Waals surface area contributed by atoms with Crippen LogP contribution in [-0.2, 0) is 0 Å². The van der Waals surface area contributed by atoms with Gasteiger partial charge in [0.1, 0.15) is 5.69 Å². The summed E-state index contributed by atoms with van der Waals surface area (Å²) in [5.41, 5.74) is 0.770. The molecular weight excluding hydrogens is 186 g/mol. The molecule has 0 aliphatic rings. The summed E-state index contributed by atoms with van der Waals surface area (Å²) in [5.74, 6) is 0.935. The van der Waals surface area contributed by atoms with Crippen LogP contribution in [0.1, 0.15) is 24.8 Å². The molecule has 0 aromatic carbocycles. The number of aromatic nitrogens is 3. The van der Waals surface area contributed by atoms with E-state index in [1.54, 1.807) is 11.3 Å². The number of thiazole rings is 1. The van der Waals surface area contributed by atoms with Crippen LogP contribution in [0.25, 0.3) is 11.6 Å². The maximum atomic E-state index is 5.03. The summed E-state index contributed by atoms with van der Waals surface area (Å²) < 4.78 is 5.03. The zero-order valence-electron chi connectivity index (χ0n) is 7.39. The maximum absolute atomic E-state index is 5.03. The van der Waals surface area contributed by atoms with E-state index in [0.717, 1.165) is 10.7 Å². The first-order valence-electron chi connectivity index (χ1n) is 3.99. The van der Waals surface area contributed by atoms with Gasteiger partial charge >= 0.3 is 0 Å². The average Bonchev–Trinajstić information content (AvgIpc) is 2.75. The van der Waals surface area contributed by atoms with E-state index >= 15 is 0 Å². The molecule has 5 heteroatoms. The summed E-state index contributed by atoms with van der Waals surface area (Å²) in [7, 11) is 0. The Hall–Kier alpha value is -1.23. The number of hydrogen-bond donors (Lipinski definition) is 0. The zero-order valence-corrected chi connectivity index (χ0v) is 8.21. The van der Waals surface area contributed by atoms with Crippen LogP contribution in [0.4, 0.5) is 0 Å². The first-order chi connectivity index (χ1) is 6.27. The molecule has 68 valence electrons. The summed E-state index contributed by atoms with van der Waals surface area (Å²) in [5, 5.41) is 10.4. The van der Waals surface area contributed by atoms with Gasteiger partial charge in [-0.2, -0.15) is 0 Å². The fourth-order valence-electron chi connectivity index (χ4n) is 0.936. The molecule has 13 heavy (non-hydrogen) atoms. The van der Waals surface area contributed by atoms with E-state index in [-0.39, 0.29) is 0 Å². The van der Waals surface area contributed by atoms with E-state index in [1.165, 1.54) is 6.39 Å². The maximum Gasteiger partial charge on any atom is 0.266 e. The Morgan fingerprint density at radius 3 is 2.85 bits per heavy atom. The van der Waals surface area contributed by atoms with Gasteiger partial charge < -0.3 is 4.42 Å². The predicted octanol–water partition coefficient (Wildman–Crippen LogP) is 2.32. The molecule has 0 unspecified atom stereocenters. The first-order valence-corrected chi connectivity index (χ1v) is 4.87. The molecule has 0 atom stereocenters. The minimum atomic E-state index is 0.446. The topological polar surface area (TPSA) is 51.8 Å². The number of rotatable bonds is 2. The Morgan fingerprint density at radius 2 is 2.31 bits per heavy atom. The van der Waals surface area contributed by atoms with Crippen molar-refractivity contribution in [1.29, 1.82) is 0 Å². The van der Waals surface area contributed by atoms with E-state index < -0.39 is 0 Å². The van der Waals surface area contributed by atoms with Gasteiger partial charge in [-0.1, -0.05) is 13.8 Å². The Kier molecular flexibility index (Phi) is 2.10.